The van der Waals surface area contributed by atoms with Crippen LogP contribution in [0.2, 0.25) is 0 Å². The average molecular weight is 253 g/mol. The predicted molar refractivity (Wildman–Crippen MR) is 78.9 cm³/mol. The fourth-order valence-electron chi connectivity index (χ4n) is 3.21. The molecule has 1 N–H and O–H groups in total. The molecule has 0 aromatic heterocycles. The van der Waals surface area contributed by atoms with E-state index < -0.39 is 0 Å². The van der Waals surface area contributed by atoms with E-state index in [2.05, 4.69) is 25.7 Å². The Kier molecular flexibility index (Phi) is 6.95. The molecule has 0 aromatic carbocycles. The van der Waals surface area contributed by atoms with E-state index in [1.54, 1.807) is 0 Å². The summed E-state index contributed by atoms with van der Waals surface area (Å²) in [5.74, 6) is 0.865. The van der Waals surface area contributed by atoms with Gasteiger partial charge in [-0.15, -0.1) is 6.58 Å². The first kappa shape index (κ1) is 15.7. The van der Waals surface area contributed by atoms with Crippen LogP contribution >= 0.6 is 0 Å². The molecule has 106 valence electrons. The van der Waals surface area contributed by atoms with Gasteiger partial charge in [0.1, 0.15) is 0 Å². The van der Waals surface area contributed by atoms with Gasteiger partial charge in [0.2, 0.25) is 0 Å². The van der Waals surface area contributed by atoms with Crippen LogP contribution in [0.15, 0.2) is 12.7 Å². The Bertz CT molecular complexity index is 231. The molecule has 0 heterocycles. The van der Waals surface area contributed by atoms with E-state index in [0.29, 0.717) is 6.04 Å². The summed E-state index contributed by atoms with van der Waals surface area (Å²) in [4.78, 5) is 0. The first-order valence-electron chi connectivity index (χ1n) is 7.58. The minimum atomic E-state index is 0.0731. The molecule has 1 fully saturated rings. The number of ether oxygens (including phenoxy) is 1. The van der Waals surface area contributed by atoms with Gasteiger partial charge in [0.15, 0.2) is 0 Å². The molecule has 0 aromatic rings. The maximum atomic E-state index is 5.98. The lowest BCUT2D eigenvalue weighted by molar-refractivity contribution is -0.0764. The lowest BCUT2D eigenvalue weighted by Crippen LogP contribution is -2.53. The summed E-state index contributed by atoms with van der Waals surface area (Å²) in [6.07, 6.45) is 10.6. The van der Waals surface area contributed by atoms with Gasteiger partial charge in [-0.3, -0.25) is 0 Å². The van der Waals surface area contributed by atoms with Gasteiger partial charge in [-0.1, -0.05) is 19.9 Å². The summed E-state index contributed by atoms with van der Waals surface area (Å²) in [5, 5.41) is 3.66. The quantitative estimate of drug-likeness (QED) is 0.523. The van der Waals surface area contributed by atoms with E-state index in [1.807, 2.05) is 13.2 Å². The molecule has 1 aliphatic rings. The summed E-state index contributed by atoms with van der Waals surface area (Å²) in [6, 6.07) is 0.500. The first-order valence-corrected chi connectivity index (χ1v) is 7.58. The van der Waals surface area contributed by atoms with Gasteiger partial charge in [0, 0.05) is 13.2 Å². The van der Waals surface area contributed by atoms with Crippen molar-refractivity contribution in [2.45, 2.75) is 70.4 Å². The molecule has 0 bridgehead atoms. The van der Waals surface area contributed by atoms with Crippen LogP contribution < -0.4 is 5.32 Å². The Morgan fingerprint density at radius 2 is 2.11 bits per heavy atom. The molecule has 1 unspecified atom stereocenters. The van der Waals surface area contributed by atoms with Crippen LogP contribution in [-0.2, 0) is 4.74 Å². The van der Waals surface area contributed by atoms with E-state index >= 15 is 0 Å². The molecule has 0 amide bonds. The van der Waals surface area contributed by atoms with E-state index in [0.717, 1.165) is 18.9 Å². The van der Waals surface area contributed by atoms with Crippen molar-refractivity contribution in [1.82, 2.24) is 5.32 Å². The first-order chi connectivity index (χ1) is 8.68. The second-order valence-electron chi connectivity index (χ2n) is 5.78. The van der Waals surface area contributed by atoms with Crippen LogP contribution in [0.5, 0.6) is 0 Å². The number of allylic oxidation sites excluding steroid dienone is 1. The van der Waals surface area contributed by atoms with E-state index in [9.17, 15) is 0 Å². The van der Waals surface area contributed by atoms with Gasteiger partial charge in [0.05, 0.1) is 5.60 Å². The smallest absolute Gasteiger partial charge is 0.0831 e. The zero-order valence-corrected chi connectivity index (χ0v) is 12.5. The van der Waals surface area contributed by atoms with Crippen molar-refractivity contribution in [2.24, 2.45) is 5.92 Å². The van der Waals surface area contributed by atoms with Gasteiger partial charge in [-0.25, -0.2) is 0 Å². The molecule has 0 spiro atoms. The topological polar surface area (TPSA) is 21.3 Å². The van der Waals surface area contributed by atoms with E-state index in [1.165, 1.54) is 38.5 Å². The highest BCUT2D eigenvalue weighted by atomic mass is 16.5. The van der Waals surface area contributed by atoms with E-state index in [4.69, 9.17) is 4.74 Å². The molecule has 1 aliphatic carbocycles. The Balaban J connectivity index is 2.63. The fourth-order valence-corrected chi connectivity index (χ4v) is 3.21. The Morgan fingerprint density at radius 1 is 1.44 bits per heavy atom. The van der Waals surface area contributed by atoms with Gasteiger partial charge in [-0.05, 0) is 57.4 Å². The Hall–Kier alpha value is -0.340. The zero-order chi connectivity index (χ0) is 13.4. The van der Waals surface area contributed by atoms with Crippen LogP contribution in [-0.4, -0.2) is 25.3 Å². The van der Waals surface area contributed by atoms with Crippen LogP contribution in [0.25, 0.3) is 0 Å². The molecular weight excluding hydrogens is 222 g/mol. The van der Waals surface area contributed by atoms with Crippen LogP contribution in [0.4, 0.5) is 0 Å². The molecule has 0 saturated heterocycles. The highest BCUT2D eigenvalue weighted by Crippen LogP contribution is 2.38. The number of methoxy groups -OCH3 is 1. The third kappa shape index (κ3) is 4.10. The number of likely N-dealkylation sites (N-methyl/N-ethyl adjacent to an activating group) is 1. The maximum Gasteiger partial charge on any atom is 0.0831 e. The predicted octanol–water partition coefficient (Wildman–Crippen LogP) is 3.92. The number of hydrogen-bond acceptors (Lipinski definition) is 2. The lowest BCUT2D eigenvalue weighted by Gasteiger charge is -2.44. The normalized spacial score (nSPS) is 30.1. The number of unbranched alkanes of at least 4 members (excludes halogenated alkanes) is 1. The summed E-state index contributed by atoms with van der Waals surface area (Å²) >= 11 is 0. The van der Waals surface area contributed by atoms with Crippen LogP contribution in [0.1, 0.15) is 58.8 Å². The second-order valence-corrected chi connectivity index (χ2v) is 5.78. The Labute approximate surface area is 113 Å². The van der Waals surface area contributed by atoms with Crippen molar-refractivity contribution in [1.29, 1.82) is 0 Å². The monoisotopic (exact) mass is 253 g/mol. The molecule has 0 aliphatic heterocycles. The molecule has 0 radical (unpaired) electrons. The second kappa shape index (κ2) is 7.96. The third-order valence-corrected chi connectivity index (χ3v) is 4.51. The maximum absolute atomic E-state index is 5.98. The molecule has 2 heteroatoms. The molecule has 2 nitrogen and oxygen atoms in total. The lowest BCUT2D eigenvalue weighted by atomic mass is 9.74. The van der Waals surface area contributed by atoms with Crippen molar-refractivity contribution in [3.63, 3.8) is 0 Å². The zero-order valence-electron chi connectivity index (χ0n) is 12.5. The molecule has 1 atom stereocenters. The third-order valence-electron chi connectivity index (χ3n) is 4.51. The fraction of sp³-hybridized carbons (Fsp3) is 0.875. The molecule has 18 heavy (non-hydrogen) atoms. The summed E-state index contributed by atoms with van der Waals surface area (Å²) in [5.41, 5.74) is 0.0731. The number of hydrogen-bond donors (Lipinski definition) is 1. The minimum absolute atomic E-state index is 0.0731. The largest absolute Gasteiger partial charge is 0.377 e. The van der Waals surface area contributed by atoms with Crippen molar-refractivity contribution >= 4 is 0 Å². The van der Waals surface area contributed by atoms with Crippen molar-refractivity contribution in [3.05, 3.63) is 12.7 Å². The van der Waals surface area contributed by atoms with Gasteiger partial charge in [0.25, 0.3) is 0 Å². The van der Waals surface area contributed by atoms with Crippen LogP contribution in [0.3, 0.4) is 0 Å². The SMILES string of the molecule is C=CCCCC(NCC)C1(OC)CCC(C)CC1. The van der Waals surface area contributed by atoms with Crippen molar-refractivity contribution in [3.8, 4) is 0 Å². The number of rotatable bonds is 8. The number of nitrogens with one attached hydrogen (secondary N) is 1. The van der Waals surface area contributed by atoms with Crippen LogP contribution in [0, 0.1) is 5.92 Å². The van der Waals surface area contributed by atoms with Gasteiger partial charge >= 0.3 is 0 Å². The molecular formula is C16H31NO. The average Bonchev–Trinajstić information content (AvgIpc) is 2.39. The van der Waals surface area contributed by atoms with E-state index in [-0.39, 0.29) is 5.60 Å². The highest BCUT2D eigenvalue weighted by molar-refractivity contribution is 4.96. The minimum Gasteiger partial charge on any atom is -0.377 e. The highest BCUT2D eigenvalue weighted by Gasteiger charge is 2.40. The van der Waals surface area contributed by atoms with Crippen molar-refractivity contribution in [2.75, 3.05) is 13.7 Å². The Morgan fingerprint density at radius 3 is 2.61 bits per heavy atom. The summed E-state index contributed by atoms with van der Waals surface area (Å²) < 4.78 is 5.98. The van der Waals surface area contributed by atoms with Gasteiger partial charge in [-0.2, -0.15) is 0 Å². The van der Waals surface area contributed by atoms with Crippen molar-refractivity contribution < 1.29 is 4.74 Å². The summed E-state index contributed by atoms with van der Waals surface area (Å²) in [7, 11) is 1.90. The molecule has 1 rings (SSSR count). The van der Waals surface area contributed by atoms with Gasteiger partial charge < -0.3 is 10.1 Å². The summed E-state index contributed by atoms with van der Waals surface area (Å²) in [6.45, 7) is 9.39. The molecule has 1 saturated carbocycles. The standard InChI is InChI=1S/C16H31NO/c1-5-7-8-9-15(17-6-2)16(18-4)12-10-14(3)11-13-16/h5,14-15,17H,1,6-13H2,2-4H3.